The largest absolute Gasteiger partial charge is 0.207 e. The van der Waals surface area contributed by atoms with Crippen molar-refractivity contribution in [1.82, 2.24) is 0 Å². The van der Waals surface area contributed by atoms with Crippen LogP contribution in [0, 0.1) is 5.82 Å². The zero-order chi connectivity index (χ0) is 13.4. The number of alkyl halides is 1. The number of rotatable bonds is 3. The Hall–Kier alpha value is -0.900. The van der Waals surface area contributed by atoms with Crippen molar-refractivity contribution in [3.8, 4) is 0 Å². The average Bonchev–Trinajstić information content (AvgIpc) is 3.03. The van der Waals surface area contributed by atoms with Crippen LogP contribution in [0.5, 0.6) is 0 Å². The number of fused-ring (bicyclic) bond motifs is 1. The first kappa shape index (κ1) is 13.1. The number of hydrogen-bond donors (Lipinski definition) is 0. The predicted molar refractivity (Wildman–Crippen MR) is 83.2 cm³/mol. The molecule has 3 aromatic rings. The van der Waals surface area contributed by atoms with Gasteiger partial charge in [-0.25, -0.2) is 4.39 Å². The number of thiophene rings is 2. The van der Waals surface area contributed by atoms with Crippen molar-refractivity contribution in [1.29, 1.82) is 0 Å². The van der Waals surface area contributed by atoms with Crippen LogP contribution in [0.25, 0.3) is 10.1 Å². The Morgan fingerprint density at radius 2 is 1.95 bits per heavy atom. The molecule has 2 aromatic heterocycles. The Balaban J connectivity index is 1.98. The maximum Gasteiger partial charge on any atom is 0.124 e. The fourth-order valence-corrected chi connectivity index (χ4v) is 4.53. The molecular formula is C15H12ClFS2. The van der Waals surface area contributed by atoms with Gasteiger partial charge < -0.3 is 0 Å². The molecule has 0 aliphatic heterocycles. The first-order chi connectivity index (χ1) is 9.17. The molecule has 4 heteroatoms. The summed E-state index contributed by atoms with van der Waals surface area (Å²) in [7, 11) is 0. The first-order valence-electron chi connectivity index (χ1n) is 6.09. The van der Waals surface area contributed by atoms with Crippen LogP contribution < -0.4 is 0 Å². The van der Waals surface area contributed by atoms with E-state index in [1.807, 2.05) is 0 Å². The first-order valence-corrected chi connectivity index (χ1v) is 8.16. The van der Waals surface area contributed by atoms with Crippen LogP contribution in [0.1, 0.15) is 26.9 Å². The van der Waals surface area contributed by atoms with E-state index in [1.54, 1.807) is 34.8 Å². The van der Waals surface area contributed by atoms with Gasteiger partial charge in [-0.3, -0.25) is 0 Å². The lowest BCUT2D eigenvalue weighted by Crippen LogP contribution is -1.84. The third-order valence-corrected chi connectivity index (χ3v) is 6.22. The van der Waals surface area contributed by atoms with Crippen LogP contribution in [0.15, 0.2) is 36.4 Å². The van der Waals surface area contributed by atoms with Crippen molar-refractivity contribution in [2.75, 3.05) is 0 Å². The van der Waals surface area contributed by atoms with Gasteiger partial charge in [0, 0.05) is 19.3 Å². The van der Waals surface area contributed by atoms with Crippen molar-refractivity contribution in [2.45, 2.75) is 18.7 Å². The molecule has 0 amide bonds. The summed E-state index contributed by atoms with van der Waals surface area (Å²) in [5, 5.41) is 0.921. The molecule has 0 aliphatic carbocycles. The topological polar surface area (TPSA) is 0 Å². The summed E-state index contributed by atoms with van der Waals surface area (Å²) in [4.78, 5) is 3.57. The third-order valence-electron chi connectivity index (χ3n) is 3.03. The normalized spacial score (nSPS) is 13.0. The van der Waals surface area contributed by atoms with Gasteiger partial charge in [0.05, 0.1) is 0 Å². The Labute approximate surface area is 124 Å². The monoisotopic (exact) mass is 310 g/mol. The summed E-state index contributed by atoms with van der Waals surface area (Å²) in [6, 6.07) is 11.1. The minimum Gasteiger partial charge on any atom is -0.207 e. The minimum atomic E-state index is -0.198. The van der Waals surface area contributed by atoms with Gasteiger partial charge in [0.2, 0.25) is 0 Å². The molecule has 0 radical (unpaired) electrons. The fourth-order valence-electron chi connectivity index (χ4n) is 2.01. The van der Waals surface area contributed by atoms with Gasteiger partial charge in [0.1, 0.15) is 11.2 Å². The quantitative estimate of drug-likeness (QED) is 0.521. The highest BCUT2D eigenvalue weighted by atomic mass is 35.5. The lowest BCUT2D eigenvalue weighted by atomic mass is 10.2. The molecule has 0 saturated heterocycles. The zero-order valence-corrected chi connectivity index (χ0v) is 12.7. The van der Waals surface area contributed by atoms with E-state index >= 15 is 0 Å². The number of halogens is 2. The minimum absolute atomic E-state index is 0.134. The summed E-state index contributed by atoms with van der Waals surface area (Å²) < 4.78 is 14.1. The maximum absolute atomic E-state index is 13.2. The maximum atomic E-state index is 13.2. The van der Waals surface area contributed by atoms with Crippen molar-refractivity contribution < 1.29 is 4.39 Å². The van der Waals surface area contributed by atoms with E-state index in [0.29, 0.717) is 0 Å². The van der Waals surface area contributed by atoms with E-state index in [-0.39, 0.29) is 11.2 Å². The Morgan fingerprint density at radius 3 is 2.68 bits per heavy atom. The van der Waals surface area contributed by atoms with Gasteiger partial charge in [-0.2, -0.15) is 0 Å². The van der Waals surface area contributed by atoms with Gasteiger partial charge in [-0.05, 0) is 42.1 Å². The Bertz CT molecular complexity index is 714. The standard InChI is InChI=1S/C15H12ClFS2/c1-2-11-5-6-12(18-11)15(16)14-7-9-3-4-10(17)8-13(9)19-14/h3-8,15H,2H2,1H3. The molecule has 19 heavy (non-hydrogen) atoms. The Kier molecular flexibility index (Phi) is 3.61. The Morgan fingerprint density at radius 1 is 1.11 bits per heavy atom. The molecular weight excluding hydrogens is 299 g/mol. The summed E-state index contributed by atoms with van der Waals surface area (Å²) in [6.07, 6.45) is 1.03. The molecule has 0 bridgehead atoms. The van der Waals surface area contributed by atoms with Crippen molar-refractivity contribution >= 4 is 44.4 Å². The summed E-state index contributed by atoms with van der Waals surface area (Å²) in [6.45, 7) is 2.14. The van der Waals surface area contributed by atoms with Gasteiger partial charge in [-0.1, -0.05) is 13.0 Å². The van der Waals surface area contributed by atoms with Crippen LogP contribution in [0.4, 0.5) is 4.39 Å². The highest BCUT2D eigenvalue weighted by Gasteiger charge is 2.16. The van der Waals surface area contributed by atoms with Crippen LogP contribution in [0.3, 0.4) is 0 Å². The second-order valence-electron chi connectivity index (χ2n) is 4.35. The predicted octanol–water partition coefficient (Wildman–Crippen LogP) is 5.99. The van der Waals surface area contributed by atoms with E-state index in [9.17, 15) is 4.39 Å². The van der Waals surface area contributed by atoms with Gasteiger partial charge >= 0.3 is 0 Å². The number of hydrogen-bond acceptors (Lipinski definition) is 2. The molecule has 98 valence electrons. The smallest absolute Gasteiger partial charge is 0.124 e. The highest BCUT2D eigenvalue weighted by molar-refractivity contribution is 7.19. The fraction of sp³-hybridized carbons (Fsp3) is 0.200. The lowest BCUT2D eigenvalue weighted by Gasteiger charge is -2.02. The summed E-state index contributed by atoms with van der Waals surface area (Å²) in [5.74, 6) is -0.198. The van der Waals surface area contributed by atoms with Crippen molar-refractivity contribution in [3.63, 3.8) is 0 Å². The van der Waals surface area contributed by atoms with E-state index in [4.69, 9.17) is 11.6 Å². The molecule has 1 aromatic carbocycles. The van der Waals surface area contributed by atoms with Crippen molar-refractivity contribution in [2.24, 2.45) is 0 Å². The van der Waals surface area contributed by atoms with Gasteiger partial charge in [-0.15, -0.1) is 34.3 Å². The molecule has 0 N–H and O–H groups in total. The van der Waals surface area contributed by atoms with E-state index < -0.39 is 0 Å². The van der Waals surface area contributed by atoms with Gasteiger partial charge in [0.25, 0.3) is 0 Å². The highest BCUT2D eigenvalue weighted by Crippen LogP contribution is 2.39. The second kappa shape index (κ2) is 5.23. The molecule has 2 heterocycles. The average molecular weight is 311 g/mol. The van der Waals surface area contributed by atoms with E-state index in [0.717, 1.165) is 26.3 Å². The molecule has 0 spiro atoms. The molecule has 0 aliphatic rings. The molecule has 0 nitrogen and oxygen atoms in total. The molecule has 1 unspecified atom stereocenters. The molecule has 0 saturated carbocycles. The zero-order valence-electron chi connectivity index (χ0n) is 10.3. The second-order valence-corrected chi connectivity index (χ2v) is 7.10. The van der Waals surface area contributed by atoms with Crippen LogP contribution in [-0.2, 0) is 6.42 Å². The SMILES string of the molecule is CCc1ccc(C(Cl)c2cc3ccc(F)cc3s2)s1. The van der Waals surface area contributed by atoms with Gasteiger partial charge in [0.15, 0.2) is 0 Å². The van der Waals surface area contributed by atoms with Crippen molar-refractivity contribution in [3.05, 3.63) is 56.8 Å². The summed E-state index contributed by atoms with van der Waals surface area (Å²) in [5.41, 5.74) is 0. The molecule has 3 rings (SSSR count). The third kappa shape index (κ3) is 2.55. The van der Waals surface area contributed by atoms with Crippen LogP contribution in [-0.4, -0.2) is 0 Å². The van der Waals surface area contributed by atoms with E-state index in [1.165, 1.54) is 10.9 Å². The molecule has 1 atom stereocenters. The number of aryl methyl sites for hydroxylation is 1. The molecule has 0 fully saturated rings. The van der Waals surface area contributed by atoms with E-state index in [2.05, 4.69) is 25.1 Å². The van der Waals surface area contributed by atoms with Crippen LogP contribution >= 0.6 is 34.3 Å². The number of benzene rings is 1. The lowest BCUT2D eigenvalue weighted by molar-refractivity contribution is 0.630. The van der Waals surface area contributed by atoms with Crippen LogP contribution in [0.2, 0.25) is 0 Å². The summed E-state index contributed by atoms with van der Waals surface area (Å²) >= 11 is 9.86.